The molecule has 2 heterocycles. The molecule has 0 unspecified atom stereocenters. The summed E-state index contributed by atoms with van der Waals surface area (Å²) in [4.78, 5) is 2.38. The van der Waals surface area contributed by atoms with Crippen LogP contribution in [-0.4, -0.2) is 29.0 Å². The van der Waals surface area contributed by atoms with Gasteiger partial charge in [-0.2, -0.15) is 0 Å². The van der Waals surface area contributed by atoms with Gasteiger partial charge in [0, 0.05) is 16.2 Å². The van der Waals surface area contributed by atoms with Crippen LogP contribution in [0.5, 0.6) is 0 Å². The number of aryl methyl sites for hydroxylation is 1. The molecule has 0 aliphatic carbocycles. The first-order chi connectivity index (χ1) is 14.0. The fourth-order valence-electron chi connectivity index (χ4n) is 3.80. The quantitative estimate of drug-likeness (QED) is 0.618. The molecule has 0 spiro atoms. The number of aliphatic hydroxyl groups is 2. The van der Waals surface area contributed by atoms with E-state index in [9.17, 15) is 14.6 Å². The van der Waals surface area contributed by atoms with Crippen molar-refractivity contribution in [3.63, 3.8) is 0 Å². The van der Waals surface area contributed by atoms with Gasteiger partial charge < -0.3 is 14.9 Å². The van der Waals surface area contributed by atoms with Crippen molar-refractivity contribution in [1.82, 2.24) is 0 Å². The highest BCUT2D eigenvalue weighted by molar-refractivity contribution is 7.15. The van der Waals surface area contributed by atoms with E-state index in [-0.39, 0.29) is 18.5 Å². The highest BCUT2D eigenvalue weighted by Gasteiger charge is 2.30. The second-order valence-electron chi connectivity index (χ2n) is 7.63. The van der Waals surface area contributed by atoms with Crippen LogP contribution in [0.4, 0.5) is 4.39 Å². The molecule has 3 nitrogen and oxygen atoms in total. The van der Waals surface area contributed by atoms with Crippen molar-refractivity contribution >= 4 is 11.3 Å². The van der Waals surface area contributed by atoms with Gasteiger partial charge in [-0.25, -0.2) is 4.39 Å². The molecule has 152 valence electrons. The molecule has 3 aromatic rings. The summed E-state index contributed by atoms with van der Waals surface area (Å²) in [5.41, 5.74) is 4.58. The van der Waals surface area contributed by atoms with Crippen molar-refractivity contribution in [3.05, 3.63) is 82.0 Å². The van der Waals surface area contributed by atoms with Gasteiger partial charge >= 0.3 is 0 Å². The molecule has 1 aliphatic rings. The Hall–Kier alpha value is -2.05. The van der Waals surface area contributed by atoms with Crippen LogP contribution in [0.2, 0.25) is 0 Å². The van der Waals surface area contributed by atoms with E-state index in [0.717, 1.165) is 28.8 Å². The summed E-state index contributed by atoms with van der Waals surface area (Å²) in [6.07, 6.45) is 0.975. The van der Waals surface area contributed by atoms with E-state index in [1.807, 2.05) is 12.1 Å². The van der Waals surface area contributed by atoms with Crippen LogP contribution in [0.3, 0.4) is 0 Å². The maximum atomic E-state index is 13.2. The van der Waals surface area contributed by atoms with Gasteiger partial charge in [-0.1, -0.05) is 30.3 Å². The van der Waals surface area contributed by atoms with Gasteiger partial charge in [-0.3, -0.25) is 0 Å². The number of hydrogen-bond acceptors (Lipinski definition) is 4. The monoisotopic (exact) mass is 412 g/mol. The third kappa shape index (κ3) is 4.59. The Morgan fingerprint density at radius 1 is 1.07 bits per heavy atom. The third-order valence-corrected chi connectivity index (χ3v) is 6.71. The molecule has 2 aromatic carbocycles. The minimum atomic E-state index is -0.600. The number of rotatable bonds is 5. The predicted octanol–water partition coefficient (Wildman–Crippen LogP) is 5.03. The van der Waals surface area contributed by atoms with E-state index < -0.39 is 12.2 Å². The minimum absolute atomic E-state index is 0.104. The van der Waals surface area contributed by atoms with Gasteiger partial charge in [0.2, 0.25) is 0 Å². The third-order valence-electron chi connectivity index (χ3n) is 5.57. The van der Waals surface area contributed by atoms with Crippen LogP contribution in [-0.2, 0) is 11.2 Å². The van der Waals surface area contributed by atoms with Crippen molar-refractivity contribution < 1.29 is 19.3 Å². The van der Waals surface area contributed by atoms with Crippen LogP contribution in [0.25, 0.3) is 10.4 Å². The second-order valence-corrected chi connectivity index (χ2v) is 8.79. The Balaban J connectivity index is 1.52. The lowest BCUT2D eigenvalue weighted by Gasteiger charge is -2.33. The SMILES string of the molecule is Cc1ccc([C@H]2CC[C@H](O)[C@@H](CO)O2)cc1Cc1ccc(-c2ccc(F)cc2)s1. The Kier molecular flexibility index (Phi) is 6.11. The van der Waals surface area contributed by atoms with E-state index >= 15 is 0 Å². The molecule has 1 aliphatic heterocycles. The molecule has 1 aromatic heterocycles. The number of hydrogen-bond donors (Lipinski definition) is 2. The largest absolute Gasteiger partial charge is 0.394 e. The van der Waals surface area contributed by atoms with Crippen LogP contribution in [0, 0.1) is 12.7 Å². The summed E-state index contributed by atoms with van der Waals surface area (Å²) in [6.45, 7) is 1.94. The molecule has 1 saturated heterocycles. The molecular weight excluding hydrogens is 387 g/mol. The van der Waals surface area contributed by atoms with E-state index in [2.05, 4.69) is 37.3 Å². The van der Waals surface area contributed by atoms with E-state index in [4.69, 9.17) is 4.74 Å². The lowest BCUT2D eigenvalue weighted by Crippen LogP contribution is -2.38. The van der Waals surface area contributed by atoms with Gasteiger partial charge in [0.25, 0.3) is 0 Å². The minimum Gasteiger partial charge on any atom is -0.394 e. The molecule has 0 bridgehead atoms. The molecule has 4 rings (SSSR count). The number of benzene rings is 2. The Bertz CT molecular complexity index is 967. The Morgan fingerprint density at radius 3 is 2.62 bits per heavy atom. The zero-order valence-corrected chi connectivity index (χ0v) is 17.2. The molecule has 0 amide bonds. The zero-order chi connectivity index (χ0) is 20.4. The smallest absolute Gasteiger partial charge is 0.123 e. The zero-order valence-electron chi connectivity index (χ0n) is 16.3. The molecule has 29 heavy (non-hydrogen) atoms. The maximum absolute atomic E-state index is 13.2. The van der Waals surface area contributed by atoms with Gasteiger partial charge in [0.15, 0.2) is 0 Å². The molecule has 0 radical (unpaired) electrons. The standard InChI is InChI=1S/C24H25FO3S/c1-15-2-3-17(22-10-9-21(27)23(14-26)28-22)12-18(15)13-20-8-11-24(29-20)16-4-6-19(25)7-5-16/h2-8,11-12,21-23,26-27H,9-10,13-14H2,1H3/t21-,22+,23+/m0/s1. The predicted molar refractivity (Wildman–Crippen MR) is 114 cm³/mol. The van der Waals surface area contributed by atoms with Crippen molar-refractivity contribution in [2.45, 2.75) is 44.5 Å². The average molecular weight is 413 g/mol. The summed E-state index contributed by atoms with van der Waals surface area (Å²) < 4.78 is 19.1. The van der Waals surface area contributed by atoms with E-state index in [1.54, 1.807) is 11.3 Å². The topological polar surface area (TPSA) is 49.7 Å². The first-order valence-corrected chi connectivity index (χ1v) is 10.7. The van der Waals surface area contributed by atoms with Crippen LogP contribution in [0.1, 0.15) is 40.5 Å². The number of halogens is 1. The molecule has 0 saturated carbocycles. The molecule has 3 atom stereocenters. The number of ether oxygens (including phenoxy) is 1. The van der Waals surface area contributed by atoms with Crippen LogP contribution < -0.4 is 0 Å². The fourth-order valence-corrected chi connectivity index (χ4v) is 4.84. The highest BCUT2D eigenvalue weighted by Crippen LogP contribution is 2.34. The van der Waals surface area contributed by atoms with Crippen LogP contribution in [0.15, 0.2) is 54.6 Å². The lowest BCUT2D eigenvalue weighted by atomic mass is 9.93. The summed E-state index contributed by atoms with van der Waals surface area (Å²) in [5, 5.41) is 19.4. The highest BCUT2D eigenvalue weighted by atomic mass is 32.1. The first kappa shape index (κ1) is 20.2. The lowest BCUT2D eigenvalue weighted by molar-refractivity contribution is -0.135. The van der Waals surface area contributed by atoms with Gasteiger partial charge in [0.05, 0.1) is 18.8 Å². The van der Waals surface area contributed by atoms with Gasteiger partial charge in [-0.15, -0.1) is 11.3 Å². The fraction of sp³-hybridized carbons (Fsp3) is 0.333. The normalized spacial score (nSPS) is 22.0. The summed E-state index contributed by atoms with van der Waals surface area (Å²) in [7, 11) is 0. The van der Waals surface area contributed by atoms with Crippen LogP contribution >= 0.6 is 11.3 Å². The second kappa shape index (κ2) is 8.76. The average Bonchev–Trinajstić information content (AvgIpc) is 3.19. The van der Waals surface area contributed by atoms with Crippen molar-refractivity contribution in [2.24, 2.45) is 0 Å². The first-order valence-electron chi connectivity index (χ1n) is 9.92. The molecule has 5 heteroatoms. The van der Waals surface area contributed by atoms with E-state index in [1.165, 1.54) is 28.1 Å². The van der Waals surface area contributed by atoms with Gasteiger partial charge in [-0.05, 0) is 66.3 Å². The van der Waals surface area contributed by atoms with E-state index in [0.29, 0.717) is 6.42 Å². The molecular formula is C24H25FO3S. The van der Waals surface area contributed by atoms with Crippen molar-refractivity contribution in [2.75, 3.05) is 6.61 Å². The van der Waals surface area contributed by atoms with Crippen molar-refractivity contribution in [3.8, 4) is 10.4 Å². The summed E-state index contributed by atoms with van der Waals surface area (Å²) in [5.74, 6) is -0.223. The Morgan fingerprint density at radius 2 is 1.86 bits per heavy atom. The maximum Gasteiger partial charge on any atom is 0.123 e. The molecule has 2 N–H and O–H groups in total. The van der Waals surface area contributed by atoms with Gasteiger partial charge in [0.1, 0.15) is 11.9 Å². The Labute approximate surface area is 174 Å². The summed E-state index contributed by atoms with van der Waals surface area (Å²) >= 11 is 1.72. The summed E-state index contributed by atoms with van der Waals surface area (Å²) in [6, 6.07) is 17.2. The molecule has 1 fully saturated rings. The number of thiophene rings is 1. The number of aliphatic hydroxyl groups excluding tert-OH is 2. The van der Waals surface area contributed by atoms with Crippen molar-refractivity contribution in [1.29, 1.82) is 0 Å².